The van der Waals surface area contributed by atoms with E-state index in [1.807, 2.05) is 11.9 Å². The molecule has 0 aliphatic carbocycles. The van der Waals surface area contributed by atoms with E-state index >= 15 is 0 Å². The summed E-state index contributed by atoms with van der Waals surface area (Å²) in [6.07, 6.45) is 3.44. The van der Waals surface area contributed by atoms with Gasteiger partial charge >= 0.3 is 0 Å². The molecule has 2 amide bonds. The fourth-order valence-corrected chi connectivity index (χ4v) is 3.00. The van der Waals surface area contributed by atoms with Crippen LogP contribution >= 0.6 is 0 Å². The minimum atomic E-state index is -0.269. The molecule has 6 heteroatoms. The molecule has 6 nitrogen and oxygen atoms in total. The van der Waals surface area contributed by atoms with E-state index in [0.717, 1.165) is 39.0 Å². The van der Waals surface area contributed by atoms with Gasteiger partial charge in [-0.15, -0.1) is 0 Å². The molecule has 0 aromatic heterocycles. The number of primary amides is 1. The number of hydrogen-bond acceptors (Lipinski definition) is 4. The molecule has 2 aliphatic rings. The Balaban J connectivity index is 1.89. The summed E-state index contributed by atoms with van der Waals surface area (Å²) in [4.78, 5) is 29.9. The largest absolute Gasteiger partial charge is 0.369 e. The molecule has 0 unspecified atom stereocenters. The van der Waals surface area contributed by atoms with E-state index in [4.69, 9.17) is 5.73 Å². The van der Waals surface area contributed by atoms with Crippen molar-refractivity contribution in [2.75, 3.05) is 52.9 Å². The highest BCUT2D eigenvalue weighted by atomic mass is 16.2. The van der Waals surface area contributed by atoms with Gasteiger partial charge in [-0.25, -0.2) is 0 Å². The molecular weight excluding hydrogens is 256 g/mol. The fourth-order valence-electron chi connectivity index (χ4n) is 3.00. The first kappa shape index (κ1) is 15.3. The van der Waals surface area contributed by atoms with E-state index in [1.54, 1.807) is 0 Å². The number of carbonyl (C=O) groups excluding carboxylic acids is 2. The predicted octanol–water partition coefficient (Wildman–Crippen LogP) is -0.652. The zero-order chi connectivity index (χ0) is 14.5. The second-order valence-electron chi connectivity index (χ2n) is 6.04. The summed E-state index contributed by atoms with van der Waals surface area (Å²) in [5.74, 6) is -0.261. The Bertz CT molecular complexity index is 355. The second kappa shape index (κ2) is 7.04. The van der Waals surface area contributed by atoms with Gasteiger partial charge in [-0.1, -0.05) is 0 Å². The number of nitrogens with zero attached hydrogens (tertiary/aromatic N) is 3. The SMILES string of the molecule is CN1CCN(CC(=O)N2CCCCC2)C[C@H](C(N)=O)C1. The average molecular weight is 282 g/mol. The lowest BCUT2D eigenvalue weighted by Crippen LogP contribution is -2.45. The van der Waals surface area contributed by atoms with Crippen LogP contribution in [0.5, 0.6) is 0 Å². The quantitative estimate of drug-likeness (QED) is 0.747. The number of hydrogen-bond donors (Lipinski definition) is 1. The van der Waals surface area contributed by atoms with E-state index in [-0.39, 0.29) is 17.7 Å². The smallest absolute Gasteiger partial charge is 0.236 e. The Morgan fingerprint density at radius 1 is 1.05 bits per heavy atom. The Labute approximate surface area is 120 Å². The van der Waals surface area contributed by atoms with Crippen molar-refractivity contribution < 1.29 is 9.59 Å². The maximum absolute atomic E-state index is 12.3. The lowest BCUT2D eigenvalue weighted by atomic mass is 10.1. The van der Waals surface area contributed by atoms with E-state index in [1.165, 1.54) is 6.42 Å². The number of nitrogens with two attached hydrogens (primary N) is 1. The highest BCUT2D eigenvalue weighted by Gasteiger charge is 2.27. The first-order chi connectivity index (χ1) is 9.56. The van der Waals surface area contributed by atoms with Crippen LogP contribution in [0.15, 0.2) is 0 Å². The van der Waals surface area contributed by atoms with Gasteiger partial charge in [0.25, 0.3) is 0 Å². The fraction of sp³-hybridized carbons (Fsp3) is 0.857. The summed E-state index contributed by atoms with van der Waals surface area (Å²) in [5, 5.41) is 0. The van der Waals surface area contributed by atoms with Gasteiger partial charge in [0.15, 0.2) is 0 Å². The van der Waals surface area contributed by atoms with Crippen LogP contribution in [0, 0.1) is 5.92 Å². The highest BCUT2D eigenvalue weighted by molar-refractivity contribution is 5.79. The molecule has 2 fully saturated rings. The Hall–Kier alpha value is -1.14. The number of likely N-dealkylation sites (N-methyl/N-ethyl adjacent to an activating group) is 1. The van der Waals surface area contributed by atoms with Crippen molar-refractivity contribution in [3.8, 4) is 0 Å². The summed E-state index contributed by atoms with van der Waals surface area (Å²) in [6, 6.07) is 0. The molecule has 2 saturated heterocycles. The molecule has 2 aliphatic heterocycles. The molecule has 0 aromatic carbocycles. The molecule has 2 rings (SSSR count). The summed E-state index contributed by atoms with van der Waals surface area (Å²) < 4.78 is 0. The van der Waals surface area contributed by atoms with E-state index in [2.05, 4.69) is 9.80 Å². The van der Waals surface area contributed by atoms with E-state index in [9.17, 15) is 9.59 Å². The van der Waals surface area contributed by atoms with Crippen LogP contribution < -0.4 is 5.73 Å². The summed E-state index contributed by atoms with van der Waals surface area (Å²) >= 11 is 0. The maximum atomic E-state index is 12.3. The molecule has 0 spiro atoms. The first-order valence-corrected chi connectivity index (χ1v) is 7.54. The van der Waals surface area contributed by atoms with E-state index in [0.29, 0.717) is 19.6 Å². The summed E-state index contributed by atoms with van der Waals surface area (Å²) in [5.41, 5.74) is 5.45. The highest BCUT2D eigenvalue weighted by Crippen LogP contribution is 2.11. The van der Waals surface area contributed by atoms with Crippen molar-refractivity contribution in [2.45, 2.75) is 19.3 Å². The van der Waals surface area contributed by atoms with Crippen molar-refractivity contribution in [3.05, 3.63) is 0 Å². The molecule has 20 heavy (non-hydrogen) atoms. The zero-order valence-corrected chi connectivity index (χ0v) is 12.4. The lowest BCUT2D eigenvalue weighted by Gasteiger charge is -2.30. The van der Waals surface area contributed by atoms with Gasteiger partial charge in [0, 0.05) is 39.3 Å². The molecule has 0 aromatic rings. The number of carbonyl (C=O) groups is 2. The first-order valence-electron chi connectivity index (χ1n) is 7.54. The summed E-state index contributed by atoms with van der Waals surface area (Å²) in [6.45, 7) is 5.15. The van der Waals surface area contributed by atoms with Gasteiger partial charge in [0.05, 0.1) is 12.5 Å². The van der Waals surface area contributed by atoms with Gasteiger partial charge < -0.3 is 15.5 Å². The average Bonchev–Trinajstić information content (AvgIpc) is 2.62. The molecule has 0 saturated carbocycles. The molecule has 0 radical (unpaired) electrons. The molecule has 2 heterocycles. The van der Waals surface area contributed by atoms with Crippen molar-refractivity contribution >= 4 is 11.8 Å². The Morgan fingerprint density at radius 2 is 1.75 bits per heavy atom. The van der Waals surface area contributed by atoms with Crippen molar-refractivity contribution in [1.29, 1.82) is 0 Å². The summed E-state index contributed by atoms with van der Waals surface area (Å²) in [7, 11) is 1.99. The van der Waals surface area contributed by atoms with Gasteiger partial charge in [-0.3, -0.25) is 14.5 Å². The number of piperidine rings is 1. The van der Waals surface area contributed by atoms with E-state index < -0.39 is 0 Å². The number of likely N-dealkylation sites (tertiary alicyclic amines) is 1. The Kier molecular flexibility index (Phi) is 5.37. The maximum Gasteiger partial charge on any atom is 0.236 e. The molecular formula is C14H26N4O2. The van der Waals surface area contributed by atoms with Crippen molar-refractivity contribution in [1.82, 2.24) is 14.7 Å². The number of rotatable bonds is 3. The number of amides is 2. The topological polar surface area (TPSA) is 69.9 Å². The molecule has 2 N–H and O–H groups in total. The normalized spacial score (nSPS) is 26.2. The minimum absolute atomic E-state index is 0.184. The van der Waals surface area contributed by atoms with Crippen molar-refractivity contribution in [2.24, 2.45) is 11.7 Å². The zero-order valence-electron chi connectivity index (χ0n) is 12.4. The van der Waals surface area contributed by atoms with Crippen LogP contribution in [0.1, 0.15) is 19.3 Å². The molecule has 0 bridgehead atoms. The third-order valence-electron chi connectivity index (χ3n) is 4.28. The van der Waals surface area contributed by atoms with Crippen LogP contribution in [-0.2, 0) is 9.59 Å². The molecule has 114 valence electrons. The van der Waals surface area contributed by atoms with Gasteiger partial charge in [0.1, 0.15) is 0 Å². The van der Waals surface area contributed by atoms with Crippen LogP contribution in [0.2, 0.25) is 0 Å². The Morgan fingerprint density at radius 3 is 2.40 bits per heavy atom. The van der Waals surface area contributed by atoms with Crippen LogP contribution in [0.3, 0.4) is 0 Å². The van der Waals surface area contributed by atoms with Crippen LogP contribution in [0.4, 0.5) is 0 Å². The van der Waals surface area contributed by atoms with Gasteiger partial charge in [-0.2, -0.15) is 0 Å². The standard InChI is InChI=1S/C14H26N4O2/c1-16-7-8-17(10-12(9-16)14(15)20)11-13(19)18-5-3-2-4-6-18/h12H,2-11H2,1H3,(H2,15,20)/t12-/m1/s1. The monoisotopic (exact) mass is 282 g/mol. The lowest BCUT2D eigenvalue weighted by molar-refractivity contribution is -0.134. The third kappa shape index (κ3) is 4.18. The third-order valence-corrected chi connectivity index (χ3v) is 4.28. The van der Waals surface area contributed by atoms with Crippen LogP contribution in [-0.4, -0.2) is 79.4 Å². The van der Waals surface area contributed by atoms with Crippen LogP contribution in [0.25, 0.3) is 0 Å². The van der Waals surface area contributed by atoms with Gasteiger partial charge in [-0.05, 0) is 26.3 Å². The minimum Gasteiger partial charge on any atom is -0.369 e. The van der Waals surface area contributed by atoms with Crippen molar-refractivity contribution in [3.63, 3.8) is 0 Å². The molecule has 1 atom stereocenters. The predicted molar refractivity (Wildman–Crippen MR) is 77.1 cm³/mol. The van der Waals surface area contributed by atoms with Gasteiger partial charge in [0.2, 0.25) is 11.8 Å². The second-order valence-corrected chi connectivity index (χ2v) is 6.04.